The minimum Gasteiger partial charge on any atom is -0.349 e. The fraction of sp³-hybridized carbons (Fsp3) is 0.500. The van der Waals surface area contributed by atoms with E-state index in [2.05, 4.69) is 15.3 Å². The van der Waals surface area contributed by atoms with Gasteiger partial charge in [-0.3, -0.25) is 9.78 Å². The molecule has 0 radical (unpaired) electrons. The van der Waals surface area contributed by atoms with Crippen LogP contribution >= 0.6 is 11.3 Å². The molecule has 1 aliphatic carbocycles. The highest BCUT2D eigenvalue weighted by Gasteiger charge is 2.20. The maximum Gasteiger partial charge on any atom is 0.263 e. The Hall–Kier alpha value is -1.75. The molecule has 2 aromatic rings. The lowest BCUT2D eigenvalue weighted by molar-refractivity contribution is 0.0934. The van der Waals surface area contributed by atoms with Gasteiger partial charge in [-0.2, -0.15) is 0 Å². The first kappa shape index (κ1) is 16.1. The van der Waals surface area contributed by atoms with E-state index in [1.54, 1.807) is 12.4 Å². The van der Waals surface area contributed by atoms with Gasteiger partial charge in [-0.25, -0.2) is 4.98 Å². The van der Waals surface area contributed by atoms with Gasteiger partial charge in [0.1, 0.15) is 9.88 Å². The first-order chi connectivity index (χ1) is 11.2. The Morgan fingerprint density at radius 2 is 1.78 bits per heavy atom. The number of hydrogen-bond donors (Lipinski definition) is 1. The summed E-state index contributed by atoms with van der Waals surface area (Å²) in [5, 5.41) is 4.11. The van der Waals surface area contributed by atoms with Gasteiger partial charge in [0.15, 0.2) is 0 Å². The monoisotopic (exact) mass is 329 g/mol. The molecule has 1 N–H and O–H groups in total. The van der Waals surface area contributed by atoms with Crippen LogP contribution in [0, 0.1) is 6.92 Å². The molecule has 2 aromatic heterocycles. The van der Waals surface area contributed by atoms with Gasteiger partial charge in [0.25, 0.3) is 5.91 Å². The molecule has 122 valence electrons. The van der Waals surface area contributed by atoms with Crippen LogP contribution in [-0.2, 0) is 0 Å². The molecule has 5 heteroatoms. The number of hydrogen-bond acceptors (Lipinski definition) is 4. The van der Waals surface area contributed by atoms with E-state index in [0.717, 1.165) is 34.0 Å². The third kappa shape index (κ3) is 4.16. The van der Waals surface area contributed by atoms with Crippen LogP contribution in [0.15, 0.2) is 24.5 Å². The SMILES string of the molecule is Cc1nc(-c2ccncc2)sc1C(=O)NC1CCCCCCC1. The average molecular weight is 329 g/mol. The van der Waals surface area contributed by atoms with E-state index in [4.69, 9.17) is 0 Å². The topological polar surface area (TPSA) is 54.9 Å². The molecular weight excluding hydrogens is 306 g/mol. The molecule has 1 amide bonds. The molecule has 0 bridgehead atoms. The molecule has 3 rings (SSSR count). The van der Waals surface area contributed by atoms with E-state index in [9.17, 15) is 4.79 Å². The normalized spacial score (nSPS) is 16.6. The van der Waals surface area contributed by atoms with Gasteiger partial charge in [0.2, 0.25) is 0 Å². The van der Waals surface area contributed by atoms with E-state index in [0.29, 0.717) is 6.04 Å². The Bertz CT molecular complexity index is 646. The highest BCUT2D eigenvalue weighted by atomic mass is 32.1. The van der Waals surface area contributed by atoms with Crippen molar-refractivity contribution < 1.29 is 4.79 Å². The zero-order chi connectivity index (χ0) is 16.1. The van der Waals surface area contributed by atoms with Crippen LogP contribution in [0.5, 0.6) is 0 Å². The number of nitrogens with zero attached hydrogens (tertiary/aromatic N) is 2. The highest BCUT2D eigenvalue weighted by molar-refractivity contribution is 7.17. The summed E-state index contributed by atoms with van der Waals surface area (Å²) < 4.78 is 0. The Labute approximate surface area is 141 Å². The molecule has 2 heterocycles. The second-order valence-corrected chi connectivity index (χ2v) is 7.18. The maximum atomic E-state index is 12.6. The van der Waals surface area contributed by atoms with Crippen molar-refractivity contribution in [3.8, 4) is 10.6 Å². The van der Waals surface area contributed by atoms with E-state index >= 15 is 0 Å². The Kier molecular flexibility index (Phi) is 5.39. The molecule has 0 atom stereocenters. The molecule has 0 saturated heterocycles. The standard InChI is InChI=1S/C18H23N3OS/c1-13-16(23-18(20-13)14-9-11-19-12-10-14)17(22)21-15-7-5-3-2-4-6-8-15/h9-12,15H,2-8H2,1H3,(H,21,22). The quantitative estimate of drug-likeness (QED) is 0.910. The fourth-order valence-corrected chi connectivity index (χ4v) is 4.05. The summed E-state index contributed by atoms with van der Waals surface area (Å²) in [4.78, 5) is 21.9. The second kappa shape index (κ2) is 7.68. The number of rotatable bonds is 3. The zero-order valence-corrected chi connectivity index (χ0v) is 14.4. The summed E-state index contributed by atoms with van der Waals surface area (Å²) in [6.07, 6.45) is 12.0. The summed E-state index contributed by atoms with van der Waals surface area (Å²) in [6, 6.07) is 4.16. The molecular formula is C18H23N3OS. The largest absolute Gasteiger partial charge is 0.349 e. The van der Waals surface area contributed by atoms with E-state index in [-0.39, 0.29) is 5.91 Å². The van der Waals surface area contributed by atoms with Crippen molar-refractivity contribution in [2.45, 2.75) is 57.9 Å². The van der Waals surface area contributed by atoms with Crippen molar-refractivity contribution >= 4 is 17.2 Å². The Balaban J connectivity index is 1.71. The maximum absolute atomic E-state index is 12.6. The number of pyridine rings is 1. The van der Waals surface area contributed by atoms with Crippen molar-refractivity contribution in [1.29, 1.82) is 0 Å². The van der Waals surface area contributed by atoms with Crippen molar-refractivity contribution in [1.82, 2.24) is 15.3 Å². The van der Waals surface area contributed by atoms with Crippen molar-refractivity contribution in [3.05, 3.63) is 35.1 Å². The van der Waals surface area contributed by atoms with Gasteiger partial charge in [-0.1, -0.05) is 32.1 Å². The molecule has 0 spiro atoms. The van der Waals surface area contributed by atoms with Crippen LogP contribution in [0.1, 0.15) is 60.3 Å². The van der Waals surface area contributed by atoms with Gasteiger partial charge in [0.05, 0.1) is 5.69 Å². The van der Waals surface area contributed by atoms with E-state index in [1.165, 1.54) is 43.4 Å². The number of aryl methyl sites for hydroxylation is 1. The number of amides is 1. The summed E-state index contributed by atoms with van der Waals surface area (Å²) in [6.45, 7) is 1.91. The number of aromatic nitrogens is 2. The molecule has 0 aromatic carbocycles. The Morgan fingerprint density at radius 3 is 2.48 bits per heavy atom. The third-order valence-corrected chi connectivity index (χ3v) is 5.58. The van der Waals surface area contributed by atoms with E-state index in [1.807, 2.05) is 19.1 Å². The number of thiazole rings is 1. The lowest BCUT2D eigenvalue weighted by Gasteiger charge is -2.20. The second-order valence-electron chi connectivity index (χ2n) is 6.18. The number of carbonyl (C=O) groups is 1. The Morgan fingerprint density at radius 1 is 1.13 bits per heavy atom. The molecule has 23 heavy (non-hydrogen) atoms. The smallest absolute Gasteiger partial charge is 0.263 e. The van der Waals surface area contributed by atoms with Crippen LogP contribution in [0.3, 0.4) is 0 Å². The van der Waals surface area contributed by atoms with Gasteiger partial charge in [0, 0.05) is 24.0 Å². The summed E-state index contributed by atoms with van der Waals surface area (Å²) in [5.41, 5.74) is 1.82. The minimum atomic E-state index is 0.0332. The summed E-state index contributed by atoms with van der Waals surface area (Å²) in [5.74, 6) is 0.0332. The molecule has 0 unspecified atom stereocenters. The molecule has 1 fully saturated rings. The first-order valence-electron chi connectivity index (χ1n) is 8.43. The lowest BCUT2D eigenvalue weighted by atomic mass is 9.97. The number of carbonyl (C=O) groups excluding carboxylic acids is 1. The van der Waals surface area contributed by atoms with Gasteiger partial charge in [-0.05, 0) is 31.9 Å². The van der Waals surface area contributed by atoms with Crippen LogP contribution in [-0.4, -0.2) is 21.9 Å². The van der Waals surface area contributed by atoms with Crippen LogP contribution in [0.25, 0.3) is 10.6 Å². The molecule has 0 aliphatic heterocycles. The first-order valence-corrected chi connectivity index (χ1v) is 9.24. The van der Waals surface area contributed by atoms with Crippen molar-refractivity contribution in [2.24, 2.45) is 0 Å². The van der Waals surface area contributed by atoms with Crippen LogP contribution in [0.4, 0.5) is 0 Å². The van der Waals surface area contributed by atoms with E-state index < -0.39 is 0 Å². The van der Waals surface area contributed by atoms with Gasteiger partial charge in [-0.15, -0.1) is 11.3 Å². The fourth-order valence-electron chi connectivity index (χ4n) is 3.08. The van der Waals surface area contributed by atoms with Crippen LogP contribution in [0.2, 0.25) is 0 Å². The van der Waals surface area contributed by atoms with Crippen molar-refractivity contribution in [2.75, 3.05) is 0 Å². The zero-order valence-electron chi connectivity index (χ0n) is 13.5. The third-order valence-electron chi connectivity index (χ3n) is 4.37. The summed E-state index contributed by atoms with van der Waals surface area (Å²) >= 11 is 1.47. The highest BCUT2D eigenvalue weighted by Crippen LogP contribution is 2.28. The van der Waals surface area contributed by atoms with Gasteiger partial charge < -0.3 is 5.32 Å². The molecule has 1 aliphatic rings. The molecule has 4 nitrogen and oxygen atoms in total. The predicted octanol–water partition coefficient (Wildman–Crippen LogP) is 4.36. The van der Waals surface area contributed by atoms with Gasteiger partial charge >= 0.3 is 0 Å². The lowest BCUT2D eigenvalue weighted by Crippen LogP contribution is -2.35. The van der Waals surface area contributed by atoms with Crippen LogP contribution < -0.4 is 5.32 Å². The van der Waals surface area contributed by atoms with Crippen molar-refractivity contribution in [3.63, 3.8) is 0 Å². The predicted molar refractivity (Wildman–Crippen MR) is 93.7 cm³/mol. The summed E-state index contributed by atoms with van der Waals surface area (Å²) in [7, 11) is 0. The average Bonchev–Trinajstić information content (AvgIpc) is 2.93. The molecule has 1 saturated carbocycles. The minimum absolute atomic E-state index is 0.0332. The number of nitrogens with one attached hydrogen (secondary N) is 1.